The van der Waals surface area contributed by atoms with Gasteiger partial charge in [-0.25, -0.2) is 9.38 Å². The van der Waals surface area contributed by atoms with Gasteiger partial charge >= 0.3 is 0 Å². The SMILES string of the molecule is C=C(N)/N=C1/C=C(Br)C=C(F)/C1=C/N. The van der Waals surface area contributed by atoms with Gasteiger partial charge in [0, 0.05) is 10.7 Å². The topological polar surface area (TPSA) is 64.4 Å². The second-order valence-electron chi connectivity index (χ2n) is 2.59. The molecule has 0 amide bonds. The van der Waals surface area contributed by atoms with Crippen LogP contribution in [0, 0.1) is 0 Å². The molecule has 4 N–H and O–H groups in total. The number of rotatable bonds is 1. The van der Waals surface area contributed by atoms with Gasteiger partial charge in [-0.2, -0.15) is 0 Å². The molecule has 0 aliphatic heterocycles. The highest BCUT2D eigenvalue weighted by atomic mass is 79.9. The number of nitrogens with zero attached hydrogens (tertiary/aromatic N) is 1. The first-order valence-corrected chi connectivity index (χ1v) is 4.54. The van der Waals surface area contributed by atoms with Crippen LogP contribution in [0.2, 0.25) is 0 Å². The lowest BCUT2D eigenvalue weighted by molar-refractivity contribution is 0.658. The predicted octanol–water partition coefficient (Wildman–Crippen LogP) is 1.85. The van der Waals surface area contributed by atoms with E-state index in [0.717, 1.165) is 6.20 Å². The van der Waals surface area contributed by atoms with Crippen LogP contribution >= 0.6 is 15.9 Å². The summed E-state index contributed by atoms with van der Waals surface area (Å²) >= 11 is 3.14. The van der Waals surface area contributed by atoms with E-state index in [4.69, 9.17) is 11.5 Å². The van der Waals surface area contributed by atoms with Crippen molar-refractivity contribution in [1.29, 1.82) is 0 Å². The summed E-state index contributed by atoms with van der Waals surface area (Å²) in [6, 6.07) is 0. The average Bonchev–Trinajstić information content (AvgIpc) is 2.01. The Morgan fingerprint density at radius 3 is 2.71 bits per heavy atom. The highest BCUT2D eigenvalue weighted by Crippen LogP contribution is 2.25. The monoisotopic (exact) mass is 257 g/mol. The molecule has 0 aromatic heterocycles. The normalized spacial score (nSPS) is 22.1. The molecule has 1 rings (SSSR count). The zero-order valence-electron chi connectivity index (χ0n) is 7.30. The van der Waals surface area contributed by atoms with Crippen molar-refractivity contribution in [3.05, 3.63) is 46.6 Å². The van der Waals surface area contributed by atoms with Crippen molar-refractivity contribution in [2.75, 3.05) is 0 Å². The highest BCUT2D eigenvalue weighted by molar-refractivity contribution is 9.11. The van der Waals surface area contributed by atoms with Crippen molar-refractivity contribution in [2.45, 2.75) is 0 Å². The van der Waals surface area contributed by atoms with Crippen LogP contribution in [0.5, 0.6) is 0 Å². The number of halogens is 2. The molecule has 3 nitrogen and oxygen atoms in total. The van der Waals surface area contributed by atoms with Crippen molar-refractivity contribution in [1.82, 2.24) is 0 Å². The number of allylic oxidation sites excluding steroid dienone is 5. The molecule has 1 aliphatic carbocycles. The molecule has 0 fully saturated rings. The molecule has 74 valence electrons. The van der Waals surface area contributed by atoms with E-state index in [9.17, 15) is 4.39 Å². The Bertz CT molecular complexity index is 391. The van der Waals surface area contributed by atoms with E-state index >= 15 is 0 Å². The molecule has 0 spiro atoms. The Morgan fingerprint density at radius 2 is 2.21 bits per heavy atom. The van der Waals surface area contributed by atoms with Gasteiger partial charge in [0.05, 0.1) is 11.3 Å². The summed E-state index contributed by atoms with van der Waals surface area (Å²) in [4.78, 5) is 3.85. The standard InChI is InChI=1S/C9H9BrFN3/c1-5(13)14-9-3-6(10)2-8(11)7(9)4-12/h2-4H,1,12-13H2/b7-4-,14-9-. The first-order valence-electron chi connectivity index (χ1n) is 3.74. The van der Waals surface area contributed by atoms with Crippen LogP contribution in [0.15, 0.2) is 51.6 Å². The maximum absolute atomic E-state index is 13.3. The van der Waals surface area contributed by atoms with Gasteiger partial charge in [0.25, 0.3) is 0 Å². The Kier molecular flexibility index (Phi) is 3.24. The maximum Gasteiger partial charge on any atom is 0.135 e. The fourth-order valence-corrected chi connectivity index (χ4v) is 1.40. The second kappa shape index (κ2) is 4.23. The van der Waals surface area contributed by atoms with Gasteiger partial charge in [-0.15, -0.1) is 0 Å². The number of hydrogen-bond acceptors (Lipinski definition) is 3. The summed E-state index contributed by atoms with van der Waals surface area (Å²) in [5.74, 6) is -0.354. The van der Waals surface area contributed by atoms with E-state index < -0.39 is 5.83 Å². The van der Waals surface area contributed by atoms with Crippen LogP contribution < -0.4 is 11.5 Å². The fourth-order valence-electron chi connectivity index (χ4n) is 0.983. The Hall–Kier alpha value is -1.36. The first-order chi connectivity index (χ1) is 6.54. The lowest BCUT2D eigenvalue weighted by Crippen LogP contribution is -2.09. The minimum atomic E-state index is -0.457. The van der Waals surface area contributed by atoms with Crippen molar-refractivity contribution in [3.63, 3.8) is 0 Å². The van der Waals surface area contributed by atoms with Gasteiger partial charge in [-0.3, -0.25) is 0 Å². The van der Waals surface area contributed by atoms with Gasteiger partial charge in [-0.1, -0.05) is 22.5 Å². The van der Waals surface area contributed by atoms with Crippen LogP contribution in [-0.4, -0.2) is 5.71 Å². The lowest BCUT2D eigenvalue weighted by Gasteiger charge is -2.10. The molecule has 0 radical (unpaired) electrons. The van der Waals surface area contributed by atoms with Gasteiger partial charge in [0.2, 0.25) is 0 Å². The van der Waals surface area contributed by atoms with E-state index in [1.165, 1.54) is 6.08 Å². The van der Waals surface area contributed by atoms with Crippen LogP contribution in [0.3, 0.4) is 0 Å². The molecule has 0 saturated heterocycles. The lowest BCUT2D eigenvalue weighted by atomic mass is 10.1. The van der Waals surface area contributed by atoms with Crippen molar-refractivity contribution in [3.8, 4) is 0 Å². The second-order valence-corrected chi connectivity index (χ2v) is 3.51. The van der Waals surface area contributed by atoms with Crippen LogP contribution in [0.25, 0.3) is 0 Å². The maximum atomic E-state index is 13.3. The molecule has 0 atom stereocenters. The minimum Gasteiger partial charge on any atom is -0.404 e. The quantitative estimate of drug-likeness (QED) is 0.753. The van der Waals surface area contributed by atoms with Crippen molar-refractivity contribution < 1.29 is 4.39 Å². The fraction of sp³-hybridized carbons (Fsp3) is 0. The third-order valence-corrected chi connectivity index (χ3v) is 1.96. The summed E-state index contributed by atoms with van der Waals surface area (Å²) in [7, 11) is 0. The third kappa shape index (κ3) is 2.32. The van der Waals surface area contributed by atoms with E-state index in [0.29, 0.717) is 10.2 Å². The molecule has 14 heavy (non-hydrogen) atoms. The molecule has 0 aromatic rings. The summed E-state index contributed by atoms with van der Waals surface area (Å²) < 4.78 is 13.9. The molecule has 0 saturated carbocycles. The Labute approximate surface area is 89.5 Å². The van der Waals surface area contributed by atoms with Crippen molar-refractivity contribution >= 4 is 21.6 Å². The van der Waals surface area contributed by atoms with E-state index in [1.807, 2.05) is 0 Å². The zero-order chi connectivity index (χ0) is 10.7. The van der Waals surface area contributed by atoms with Gasteiger partial charge in [0.15, 0.2) is 0 Å². The van der Waals surface area contributed by atoms with E-state index in [1.54, 1.807) is 6.08 Å². The summed E-state index contributed by atoms with van der Waals surface area (Å²) in [5.41, 5.74) is 11.1. The first kappa shape index (κ1) is 10.7. The van der Waals surface area contributed by atoms with E-state index in [2.05, 4.69) is 27.5 Å². The van der Waals surface area contributed by atoms with Gasteiger partial charge in [-0.05, 0) is 12.2 Å². The Balaban J connectivity index is 3.20. The highest BCUT2D eigenvalue weighted by Gasteiger charge is 2.15. The van der Waals surface area contributed by atoms with Crippen LogP contribution in [0.1, 0.15) is 0 Å². The largest absolute Gasteiger partial charge is 0.404 e. The van der Waals surface area contributed by atoms with Crippen LogP contribution in [0.4, 0.5) is 4.39 Å². The average molecular weight is 258 g/mol. The molecular formula is C9H9BrFN3. The van der Waals surface area contributed by atoms with E-state index in [-0.39, 0.29) is 11.4 Å². The zero-order valence-corrected chi connectivity index (χ0v) is 8.88. The smallest absolute Gasteiger partial charge is 0.135 e. The number of aliphatic imine (C=N–C) groups is 1. The number of hydrogen-bond donors (Lipinski definition) is 2. The summed E-state index contributed by atoms with van der Waals surface area (Å²) in [5, 5.41) is 0. The minimum absolute atomic E-state index is 0.102. The molecule has 0 bridgehead atoms. The molecule has 0 heterocycles. The number of nitrogens with two attached hydrogens (primary N) is 2. The molecular weight excluding hydrogens is 249 g/mol. The van der Waals surface area contributed by atoms with Crippen LogP contribution in [-0.2, 0) is 0 Å². The van der Waals surface area contributed by atoms with Gasteiger partial charge < -0.3 is 11.5 Å². The molecule has 1 aliphatic rings. The molecule has 0 aromatic carbocycles. The summed E-state index contributed by atoms with van der Waals surface area (Å²) in [6.07, 6.45) is 4.06. The molecule has 5 heteroatoms. The van der Waals surface area contributed by atoms with Gasteiger partial charge in [0.1, 0.15) is 11.6 Å². The molecule has 0 unspecified atom stereocenters. The Morgan fingerprint density at radius 1 is 1.57 bits per heavy atom. The predicted molar refractivity (Wildman–Crippen MR) is 59.2 cm³/mol. The van der Waals surface area contributed by atoms with Crippen molar-refractivity contribution in [2.24, 2.45) is 16.5 Å². The third-order valence-electron chi connectivity index (χ3n) is 1.50. The summed E-state index contributed by atoms with van der Waals surface area (Å²) in [6.45, 7) is 3.40.